The van der Waals surface area contributed by atoms with Crippen LogP contribution in [-0.4, -0.2) is 23.9 Å². The molecule has 1 fully saturated rings. The van der Waals surface area contributed by atoms with E-state index in [1.54, 1.807) is 11.3 Å². The van der Waals surface area contributed by atoms with Crippen LogP contribution in [0.5, 0.6) is 0 Å². The Bertz CT molecular complexity index is 669. The number of carbonyl (C=O) groups excluding carboxylic acids is 1. The molecule has 4 heteroatoms. The van der Waals surface area contributed by atoms with Crippen molar-refractivity contribution in [2.24, 2.45) is 0 Å². The van der Waals surface area contributed by atoms with Gasteiger partial charge in [-0.15, -0.1) is 11.3 Å². The van der Waals surface area contributed by atoms with Crippen LogP contribution in [0.2, 0.25) is 0 Å². The van der Waals surface area contributed by atoms with Gasteiger partial charge in [0.25, 0.3) is 5.91 Å². The van der Waals surface area contributed by atoms with E-state index < -0.39 is 0 Å². The Labute approximate surface area is 209 Å². The summed E-state index contributed by atoms with van der Waals surface area (Å²) in [7, 11) is 0. The Morgan fingerprint density at radius 3 is 2.25 bits per heavy atom. The second-order valence-electron chi connectivity index (χ2n) is 6.40. The predicted octanol–water partition coefficient (Wildman–Crippen LogP) is 2.54. The average Bonchev–Trinajstić information content (AvgIpc) is 3.16. The average molecular weight is 461 g/mol. The molecule has 0 bridgehead atoms. The van der Waals surface area contributed by atoms with E-state index in [0.717, 1.165) is 36.4 Å². The van der Waals surface area contributed by atoms with Crippen LogP contribution in [0.3, 0.4) is 0 Å². The van der Waals surface area contributed by atoms with Crippen molar-refractivity contribution in [3.05, 3.63) is 53.8 Å². The van der Waals surface area contributed by atoms with Crippen LogP contribution in [0.25, 0.3) is 10.4 Å². The number of rotatable bonds is 3. The number of amides is 1. The second-order valence-corrected chi connectivity index (χ2v) is 7.45. The van der Waals surface area contributed by atoms with Crippen LogP contribution in [-0.2, 0) is 0 Å². The molecule has 0 saturated carbocycles. The van der Waals surface area contributed by atoms with E-state index in [-0.39, 0.29) is 82.2 Å². The summed E-state index contributed by atoms with van der Waals surface area (Å²) < 4.78 is 0. The van der Waals surface area contributed by atoms with Gasteiger partial charge < -0.3 is 12.3 Å². The topological polar surface area (TPSA) is 20.3 Å². The molecule has 1 aromatic heterocycles. The van der Waals surface area contributed by atoms with E-state index in [1.165, 1.54) is 16.0 Å². The first kappa shape index (κ1) is 22.5. The molecule has 2 heterocycles. The Morgan fingerprint density at radius 2 is 1.71 bits per heavy atom. The van der Waals surface area contributed by atoms with Crippen LogP contribution in [0, 0.1) is 14.4 Å². The molecule has 1 aliphatic rings. The molecular weight excluding hydrogens is 435 g/mol. The monoisotopic (exact) mass is 461 g/mol. The summed E-state index contributed by atoms with van der Waals surface area (Å²) in [6.45, 7) is 8.28. The van der Waals surface area contributed by atoms with Crippen molar-refractivity contribution in [1.29, 1.82) is 0 Å². The summed E-state index contributed by atoms with van der Waals surface area (Å²) in [5, 5.41) is 0. The van der Waals surface area contributed by atoms with E-state index in [2.05, 4.69) is 44.2 Å². The molecule has 1 aliphatic heterocycles. The molecule has 0 spiro atoms. The van der Waals surface area contributed by atoms with Gasteiger partial charge in [0.1, 0.15) is 0 Å². The van der Waals surface area contributed by atoms with E-state index in [1.807, 2.05) is 11.8 Å². The minimum absolute atomic E-state index is 0. The van der Waals surface area contributed by atoms with Crippen LogP contribution >= 0.6 is 11.3 Å². The van der Waals surface area contributed by atoms with Crippen molar-refractivity contribution in [2.75, 3.05) is 13.1 Å². The Kier molecular flexibility index (Phi) is 9.32. The first-order valence-corrected chi connectivity index (χ1v) is 8.88. The van der Waals surface area contributed by atoms with Crippen LogP contribution in [0.1, 0.15) is 53.4 Å². The van der Waals surface area contributed by atoms with Crippen LogP contribution in [0.15, 0.2) is 30.3 Å². The number of thiophene rings is 1. The molecule has 24 heavy (non-hydrogen) atoms. The fraction of sp³-hybridized carbons (Fsp3) is 0.400. The predicted molar refractivity (Wildman–Crippen MR) is 100 cm³/mol. The van der Waals surface area contributed by atoms with Crippen molar-refractivity contribution in [2.45, 2.75) is 39.5 Å². The van der Waals surface area contributed by atoms with E-state index in [0.29, 0.717) is 5.92 Å². The smallest absolute Gasteiger partial charge is 0.358 e. The molecule has 1 aromatic carbocycles. The van der Waals surface area contributed by atoms with E-state index in [4.69, 9.17) is 0 Å². The molecule has 0 aliphatic carbocycles. The van der Waals surface area contributed by atoms with Gasteiger partial charge in [-0.1, -0.05) is 38.1 Å². The second kappa shape index (κ2) is 9.95. The number of carbonyl (C=O) groups is 1. The zero-order chi connectivity index (χ0) is 15.7. The molecule has 0 atom stereocenters. The van der Waals surface area contributed by atoms with Gasteiger partial charge in [-0.2, -0.15) is 0 Å². The van der Waals surface area contributed by atoms with Crippen LogP contribution in [0.4, 0.5) is 0 Å². The van der Waals surface area contributed by atoms with Gasteiger partial charge in [0.15, 0.2) is 0 Å². The molecule has 0 radical (unpaired) electrons. The zero-order valence-corrected chi connectivity index (χ0v) is 22.7. The van der Waals surface area contributed by atoms with Gasteiger partial charge in [-0.05, 0) is 48.4 Å². The summed E-state index contributed by atoms with van der Waals surface area (Å²) in [5.74, 6) is 0.761. The van der Waals surface area contributed by atoms with Crippen molar-refractivity contribution < 1.29 is 73.7 Å². The minimum atomic E-state index is 0. The number of hydrogen-bond donors (Lipinski definition) is 0. The van der Waals surface area contributed by atoms with Crippen molar-refractivity contribution in [3.63, 3.8) is 0 Å². The third-order valence-corrected chi connectivity index (χ3v) is 5.64. The van der Waals surface area contributed by atoms with Gasteiger partial charge in [-0.3, -0.25) is 4.79 Å². The van der Waals surface area contributed by atoms with Crippen molar-refractivity contribution >= 4 is 17.2 Å². The number of hydrogen-bond acceptors (Lipinski definition) is 2. The Hall–Kier alpha value is 0.442. The fourth-order valence-electron chi connectivity index (χ4n) is 2.93. The normalized spacial score (nSPS) is 13.6. The molecule has 124 valence electrons. The van der Waals surface area contributed by atoms with E-state index >= 15 is 0 Å². The quantitative estimate of drug-likeness (QED) is 0.644. The number of nitrogens with zero attached hydrogens (tertiary/aromatic N) is 1. The summed E-state index contributed by atoms with van der Waals surface area (Å²) in [4.78, 5) is 16.7. The zero-order valence-electron chi connectivity index (χ0n) is 15.6. The number of benzene rings is 1. The standard InChI is InChI=1S/C19H23NOS.CH3.Cs/c1-13(2)15-6-8-16(9-7-15)17-12-14(3)18(22-17)19(21)20-10-4-5-11-20;;/h6-9,12-13H,4-5,10-11H2,1-3H3;1H3;/q;-1;+1. The summed E-state index contributed by atoms with van der Waals surface area (Å²) in [6, 6.07) is 10.9. The van der Waals surface area contributed by atoms with Gasteiger partial charge >= 0.3 is 68.9 Å². The maximum atomic E-state index is 12.6. The number of aryl methyl sites for hydroxylation is 1. The van der Waals surface area contributed by atoms with E-state index in [9.17, 15) is 4.79 Å². The first-order chi connectivity index (χ1) is 10.6. The third-order valence-electron chi connectivity index (χ3n) is 4.37. The van der Waals surface area contributed by atoms with Crippen LogP contribution < -0.4 is 68.9 Å². The Balaban J connectivity index is 0.00000144. The van der Waals surface area contributed by atoms with Gasteiger partial charge in [0.05, 0.1) is 4.88 Å². The first-order valence-electron chi connectivity index (χ1n) is 8.06. The molecule has 2 nitrogen and oxygen atoms in total. The fourth-order valence-corrected chi connectivity index (χ4v) is 4.08. The van der Waals surface area contributed by atoms with Gasteiger partial charge in [0.2, 0.25) is 0 Å². The molecular formula is C20H26CsNOS. The Morgan fingerprint density at radius 1 is 1.12 bits per heavy atom. The van der Waals surface area contributed by atoms with Crippen molar-refractivity contribution in [1.82, 2.24) is 4.90 Å². The number of likely N-dealkylation sites (tertiary alicyclic amines) is 1. The third kappa shape index (κ3) is 5.00. The molecule has 1 amide bonds. The van der Waals surface area contributed by atoms with Crippen molar-refractivity contribution in [3.8, 4) is 10.4 Å². The molecule has 0 N–H and O–H groups in total. The molecule has 2 aromatic rings. The summed E-state index contributed by atoms with van der Waals surface area (Å²) in [5.41, 5.74) is 3.66. The summed E-state index contributed by atoms with van der Waals surface area (Å²) >= 11 is 1.63. The molecule has 1 saturated heterocycles. The SMILES string of the molecule is Cc1cc(-c2ccc(C(C)C)cc2)sc1C(=O)N1CCCC1.[CH3-].[Cs+]. The molecule has 3 rings (SSSR count). The summed E-state index contributed by atoms with van der Waals surface area (Å²) in [6.07, 6.45) is 2.28. The molecule has 0 unspecified atom stereocenters. The van der Waals surface area contributed by atoms with Gasteiger partial charge in [-0.25, -0.2) is 0 Å². The maximum Gasteiger partial charge on any atom is 1.00 e. The largest absolute Gasteiger partial charge is 1.00 e. The maximum absolute atomic E-state index is 12.6. The van der Waals surface area contributed by atoms with Gasteiger partial charge in [0, 0.05) is 18.0 Å². The minimum Gasteiger partial charge on any atom is -0.358 e.